The summed E-state index contributed by atoms with van der Waals surface area (Å²) in [5.74, 6) is 0. The average molecular weight is 217 g/mol. The summed E-state index contributed by atoms with van der Waals surface area (Å²) in [5.41, 5.74) is 2.29. The van der Waals surface area contributed by atoms with Crippen molar-refractivity contribution in [3.63, 3.8) is 0 Å². The molecule has 0 atom stereocenters. The van der Waals surface area contributed by atoms with Gasteiger partial charge in [-0.3, -0.25) is 0 Å². The lowest BCUT2D eigenvalue weighted by Gasteiger charge is -2.22. The number of fused-ring (bicyclic) bond motifs is 1. The fourth-order valence-electron chi connectivity index (χ4n) is 2.28. The lowest BCUT2D eigenvalue weighted by molar-refractivity contribution is 0.317. The van der Waals surface area contributed by atoms with E-state index in [4.69, 9.17) is 4.52 Å². The molecular formula is C14H19NO. The van der Waals surface area contributed by atoms with Gasteiger partial charge in [0.2, 0.25) is 0 Å². The molecule has 0 fully saturated rings. The first-order chi connectivity index (χ1) is 7.62. The van der Waals surface area contributed by atoms with Gasteiger partial charge in [0.15, 0.2) is 5.58 Å². The molecule has 2 heteroatoms. The van der Waals surface area contributed by atoms with Gasteiger partial charge in [0.1, 0.15) is 0 Å². The molecule has 0 saturated heterocycles. The van der Waals surface area contributed by atoms with Gasteiger partial charge in [0.05, 0.1) is 5.69 Å². The molecule has 0 amide bonds. The molecule has 0 aliphatic carbocycles. The lowest BCUT2D eigenvalue weighted by atomic mass is 9.83. The summed E-state index contributed by atoms with van der Waals surface area (Å²) in [7, 11) is 0. The summed E-state index contributed by atoms with van der Waals surface area (Å²) < 4.78 is 5.32. The normalized spacial score (nSPS) is 12.2. The third kappa shape index (κ3) is 2.26. The van der Waals surface area contributed by atoms with Gasteiger partial charge in [0, 0.05) is 5.39 Å². The van der Waals surface area contributed by atoms with E-state index in [9.17, 15) is 0 Å². The average Bonchev–Trinajstić information content (AvgIpc) is 2.61. The summed E-state index contributed by atoms with van der Waals surface area (Å²) in [6.07, 6.45) is 3.41. The van der Waals surface area contributed by atoms with E-state index in [1.54, 1.807) is 0 Å². The summed E-state index contributed by atoms with van der Waals surface area (Å²) >= 11 is 0. The minimum atomic E-state index is 0.300. The molecule has 2 aromatic rings. The van der Waals surface area contributed by atoms with Crippen molar-refractivity contribution >= 4 is 11.0 Å². The number of hydrogen-bond donors (Lipinski definition) is 0. The summed E-state index contributed by atoms with van der Waals surface area (Å²) in [6, 6.07) is 8.08. The maximum Gasteiger partial charge on any atom is 0.167 e. The van der Waals surface area contributed by atoms with Crippen LogP contribution in [0.1, 0.15) is 39.3 Å². The summed E-state index contributed by atoms with van der Waals surface area (Å²) in [5, 5.41) is 5.35. The Morgan fingerprint density at radius 3 is 2.75 bits per heavy atom. The van der Waals surface area contributed by atoms with Crippen LogP contribution in [0.2, 0.25) is 0 Å². The Balaban J connectivity index is 2.27. The molecule has 1 aromatic heterocycles. The van der Waals surface area contributed by atoms with Crippen molar-refractivity contribution in [2.75, 3.05) is 0 Å². The second-order valence-electron chi connectivity index (χ2n) is 5.22. The Labute approximate surface area is 96.6 Å². The maximum absolute atomic E-state index is 5.32. The Bertz CT molecular complexity index is 470. The van der Waals surface area contributed by atoms with Crippen LogP contribution in [0.4, 0.5) is 0 Å². The third-order valence-electron chi connectivity index (χ3n) is 3.02. The van der Waals surface area contributed by atoms with Crippen LogP contribution in [0.3, 0.4) is 0 Å². The molecule has 0 aliphatic rings. The molecule has 0 saturated carbocycles. The van der Waals surface area contributed by atoms with E-state index in [2.05, 4.69) is 32.0 Å². The van der Waals surface area contributed by atoms with Crippen LogP contribution in [-0.2, 0) is 6.42 Å². The molecule has 2 nitrogen and oxygen atoms in total. The fourth-order valence-corrected chi connectivity index (χ4v) is 2.28. The van der Waals surface area contributed by atoms with E-state index in [0.29, 0.717) is 5.41 Å². The molecular weight excluding hydrogens is 198 g/mol. The molecule has 0 radical (unpaired) electrons. The second-order valence-corrected chi connectivity index (χ2v) is 5.22. The van der Waals surface area contributed by atoms with Crippen molar-refractivity contribution in [2.45, 2.75) is 40.0 Å². The molecule has 0 spiro atoms. The Morgan fingerprint density at radius 1 is 1.25 bits per heavy atom. The van der Waals surface area contributed by atoms with E-state index in [-0.39, 0.29) is 0 Å². The Morgan fingerprint density at radius 2 is 2.00 bits per heavy atom. The first-order valence-electron chi connectivity index (χ1n) is 5.96. The van der Waals surface area contributed by atoms with Gasteiger partial charge in [0.25, 0.3) is 0 Å². The first-order valence-corrected chi connectivity index (χ1v) is 5.96. The standard InChI is InChI=1S/C14H19NO/c1-4-9-14(2,3)10-12-11-7-5-6-8-13(11)16-15-12/h5-8H,4,9-10H2,1-3H3. The van der Waals surface area contributed by atoms with Crippen molar-refractivity contribution in [2.24, 2.45) is 5.41 Å². The lowest BCUT2D eigenvalue weighted by Crippen LogP contribution is -2.14. The highest BCUT2D eigenvalue weighted by Crippen LogP contribution is 2.30. The first kappa shape index (κ1) is 11.2. The fraction of sp³-hybridized carbons (Fsp3) is 0.500. The quantitative estimate of drug-likeness (QED) is 0.767. The van der Waals surface area contributed by atoms with Crippen LogP contribution >= 0.6 is 0 Å². The zero-order valence-electron chi connectivity index (χ0n) is 10.3. The van der Waals surface area contributed by atoms with Gasteiger partial charge in [-0.15, -0.1) is 0 Å². The maximum atomic E-state index is 5.32. The highest BCUT2D eigenvalue weighted by Gasteiger charge is 2.20. The molecule has 0 N–H and O–H groups in total. The monoisotopic (exact) mass is 217 g/mol. The van der Waals surface area contributed by atoms with Crippen LogP contribution in [-0.4, -0.2) is 5.16 Å². The van der Waals surface area contributed by atoms with Gasteiger partial charge < -0.3 is 4.52 Å². The van der Waals surface area contributed by atoms with Crippen LogP contribution < -0.4 is 0 Å². The van der Waals surface area contributed by atoms with Gasteiger partial charge in [-0.25, -0.2) is 0 Å². The van der Waals surface area contributed by atoms with Crippen LogP contribution in [0.5, 0.6) is 0 Å². The molecule has 1 heterocycles. The summed E-state index contributed by atoms with van der Waals surface area (Å²) in [4.78, 5) is 0. The highest BCUT2D eigenvalue weighted by atomic mass is 16.5. The highest BCUT2D eigenvalue weighted by molar-refractivity contribution is 5.79. The van der Waals surface area contributed by atoms with Gasteiger partial charge in [-0.2, -0.15) is 0 Å². The van der Waals surface area contributed by atoms with Gasteiger partial charge >= 0.3 is 0 Å². The van der Waals surface area contributed by atoms with E-state index in [0.717, 1.165) is 23.1 Å². The minimum absolute atomic E-state index is 0.300. The van der Waals surface area contributed by atoms with Gasteiger partial charge in [-0.05, 0) is 30.4 Å². The Hall–Kier alpha value is -1.31. The smallest absolute Gasteiger partial charge is 0.167 e. The summed E-state index contributed by atoms with van der Waals surface area (Å²) in [6.45, 7) is 6.81. The Kier molecular flexibility index (Phi) is 2.99. The minimum Gasteiger partial charge on any atom is -0.356 e. The SMILES string of the molecule is CCCC(C)(C)Cc1noc2ccccc12. The number of aromatic nitrogens is 1. The number of hydrogen-bond acceptors (Lipinski definition) is 2. The predicted molar refractivity (Wildman–Crippen MR) is 66.4 cm³/mol. The van der Waals surface area contributed by atoms with E-state index >= 15 is 0 Å². The molecule has 0 unspecified atom stereocenters. The molecule has 0 aliphatic heterocycles. The molecule has 1 aromatic carbocycles. The largest absolute Gasteiger partial charge is 0.356 e. The second kappa shape index (κ2) is 4.28. The molecule has 16 heavy (non-hydrogen) atoms. The molecule has 86 valence electrons. The zero-order valence-corrected chi connectivity index (χ0v) is 10.3. The van der Waals surface area contributed by atoms with E-state index in [1.807, 2.05) is 18.2 Å². The molecule has 2 rings (SSSR count). The van der Waals surface area contributed by atoms with Gasteiger partial charge in [-0.1, -0.05) is 44.5 Å². The van der Waals surface area contributed by atoms with E-state index in [1.165, 1.54) is 12.8 Å². The predicted octanol–water partition coefficient (Wildman–Crippen LogP) is 4.20. The van der Waals surface area contributed by atoms with Crippen LogP contribution in [0.15, 0.2) is 28.8 Å². The van der Waals surface area contributed by atoms with Crippen molar-refractivity contribution < 1.29 is 4.52 Å². The number of benzene rings is 1. The van der Waals surface area contributed by atoms with Crippen molar-refractivity contribution in [1.82, 2.24) is 5.16 Å². The number of nitrogens with zero attached hydrogens (tertiary/aromatic N) is 1. The number of para-hydroxylation sites is 1. The van der Waals surface area contributed by atoms with Crippen molar-refractivity contribution in [3.05, 3.63) is 30.0 Å². The van der Waals surface area contributed by atoms with E-state index < -0.39 is 0 Å². The van der Waals surface area contributed by atoms with Crippen LogP contribution in [0.25, 0.3) is 11.0 Å². The van der Waals surface area contributed by atoms with Crippen molar-refractivity contribution in [1.29, 1.82) is 0 Å². The zero-order chi connectivity index (χ0) is 11.6. The molecule has 0 bridgehead atoms. The topological polar surface area (TPSA) is 26.0 Å². The van der Waals surface area contributed by atoms with Crippen molar-refractivity contribution in [3.8, 4) is 0 Å². The number of rotatable bonds is 4. The van der Waals surface area contributed by atoms with Crippen LogP contribution in [0, 0.1) is 5.41 Å². The third-order valence-corrected chi connectivity index (χ3v) is 3.02.